The van der Waals surface area contributed by atoms with Crippen molar-refractivity contribution in [2.24, 2.45) is 0 Å². The fraction of sp³-hybridized carbons (Fsp3) is 0.316. The molecular formula is C19H23NO2. The van der Waals surface area contributed by atoms with Crippen LogP contribution in [0, 0.1) is 0 Å². The highest BCUT2D eigenvalue weighted by Crippen LogP contribution is 2.13. The van der Waals surface area contributed by atoms with Gasteiger partial charge in [-0.1, -0.05) is 49.4 Å². The lowest BCUT2D eigenvalue weighted by Crippen LogP contribution is -2.27. The SMILES string of the molecule is CCc1ccc(OCCC(=O)NC(C)c2ccccc2)cc1. The molecule has 0 bridgehead atoms. The Labute approximate surface area is 132 Å². The Hall–Kier alpha value is -2.29. The normalized spacial score (nSPS) is 11.7. The van der Waals surface area contributed by atoms with Gasteiger partial charge in [0.1, 0.15) is 5.75 Å². The molecule has 1 atom stereocenters. The number of aryl methyl sites for hydroxylation is 1. The van der Waals surface area contributed by atoms with Gasteiger partial charge in [-0.15, -0.1) is 0 Å². The number of hydrogen-bond acceptors (Lipinski definition) is 2. The third-order valence-electron chi connectivity index (χ3n) is 3.61. The molecule has 3 nitrogen and oxygen atoms in total. The summed E-state index contributed by atoms with van der Waals surface area (Å²) >= 11 is 0. The highest BCUT2D eigenvalue weighted by atomic mass is 16.5. The molecule has 3 heteroatoms. The minimum Gasteiger partial charge on any atom is -0.493 e. The van der Waals surface area contributed by atoms with Gasteiger partial charge in [-0.2, -0.15) is 0 Å². The molecule has 1 N–H and O–H groups in total. The lowest BCUT2D eigenvalue weighted by atomic mass is 10.1. The van der Waals surface area contributed by atoms with Crippen LogP contribution < -0.4 is 10.1 Å². The van der Waals surface area contributed by atoms with E-state index in [9.17, 15) is 4.79 Å². The molecule has 0 aliphatic heterocycles. The van der Waals surface area contributed by atoms with Gasteiger partial charge in [-0.25, -0.2) is 0 Å². The van der Waals surface area contributed by atoms with Gasteiger partial charge in [0, 0.05) is 0 Å². The third kappa shape index (κ3) is 4.92. The molecule has 0 fully saturated rings. The molecule has 0 spiro atoms. The molecule has 116 valence electrons. The summed E-state index contributed by atoms with van der Waals surface area (Å²) < 4.78 is 5.60. The molecule has 1 unspecified atom stereocenters. The maximum absolute atomic E-state index is 11.9. The maximum atomic E-state index is 11.9. The van der Waals surface area contributed by atoms with E-state index in [0.717, 1.165) is 17.7 Å². The van der Waals surface area contributed by atoms with Gasteiger partial charge < -0.3 is 10.1 Å². The molecule has 0 aromatic heterocycles. The topological polar surface area (TPSA) is 38.3 Å². The highest BCUT2D eigenvalue weighted by molar-refractivity contribution is 5.76. The first-order chi connectivity index (χ1) is 10.7. The molecule has 2 rings (SSSR count). The monoisotopic (exact) mass is 297 g/mol. The number of hydrogen-bond donors (Lipinski definition) is 1. The first-order valence-electron chi connectivity index (χ1n) is 7.75. The van der Waals surface area contributed by atoms with Crippen LogP contribution in [0.1, 0.15) is 37.4 Å². The Morgan fingerprint density at radius 3 is 2.41 bits per heavy atom. The van der Waals surface area contributed by atoms with E-state index < -0.39 is 0 Å². The van der Waals surface area contributed by atoms with Crippen LogP contribution in [-0.4, -0.2) is 12.5 Å². The first-order valence-corrected chi connectivity index (χ1v) is 7.75. The average molecular weight is 297 g/mol. The van der Waals surface area contributed by atoms with E-state index in [0.29, 0.717) is 13.0 Å². The molecule has 0 saturated heterocycles. The molecule has 1 amide bonds. The van der Waals surface area contributed by atoms with Crippen LogP contribution in [0.3, 0.4) is 0 Å². The van der Waals surface area contributed by atoms with E-state index in [2.05, 4.69) is 12.2 Å². The number of nitrogens with one attached hydrogen (secondary N) is 1. The second-order valence-electron chi connectivity index (χ2n) is 5.30. The zero-order valence-electron chi connectivity index (χ0n) is 13.2. The zero-order valence-corrected chi connectivity index (χ0v) is 13.2. The predicted molar refractivity (Wildman–Crippen MR) is 88.9 cm³/mol. The van der Waals surface area contributed by atoms with Crippen molar-refractivity contribution in [2.45, 2.75) is 32.7 Å². The predicted octanol–water partition coefficient (Wildman–Crippen LogP) is 3.90. The van der Waals surface area contributed by atoms with Gasteiger partial charge in [0.15, 0.2) is 0 Å². The van der Waals surface area contributed by atoms with E-state index in [4.69, 9.17) is 4.74 Å². The molecule has 2 aromatic rings. The number of carbonyl (C=O) groups is 1. The third-order valence-corrected chi connectivity index (χ3v) is 3.61. The largest absolute Gasteiger partial charge is 0.493 e. The maximum Gasteiger partial charge on any atom is 0.223 e. The number of carbonyl (C=O) groups excluding carboxylic acids is 1. The van der Waals surface area contributed by atoms with Gasteiger partial charge in [-0.05, 0) is 36.6 Å². The van der Waals surface area contributed by atoms with Gasteiger partial charge in [0.2, 0.25) is 5.91 Å². The van der Waals surface area contributed by atoms with Crippen LogP contribution in [0.15, 0.2) is 54.6 Å². The van der Waals surface area contributed by atoms with E-state index in [1.165, 1.54) is 5.56 Å². The van der Waals surface area contributed by atoms with Crippen LogP contribution in [0.2, 0.25) is 0 Å². The second-order valence-corrected chi connectivity index (χ2v) is 5.30. The Kier molecular flexibility index (Phi) is 6.01. The average Bonchev–Trinajstić information content (AvgIpc) is 2.56. The molecule has 0 aliphatic carbocycles. The summed E-state index contributed by atoms with van der Waals surface area (Å²) in [6, 6.07) is 17.9. The quantitative estimate of drug-likeness (QED) is 0.842. The molecule has 2 aromatic carbocycles. The Bertz CT molecular complexity index is 578. The first kappa shape index (κ1) is 16.1. The lowest BCUT2D eigenvalue weighted by molar-refractivity contribution is -0.122. The lowest BCUT2D eigenvalue weighted by Gasteiger charge is -2.14. The minimum absolute atomic E-state index is 0.00142. The van der Waals surface area contributed by atoms with Crippen molar-refractivity contribution in [1.82, 2.24) is 5.32 Å². The van der Waals surface area contributed by atoms with E-state index >= 15 is 0 Å². The van der Waals surface area contributed by atoms with Gasteiger partial charge in [0.05, 0.1) is 19.1 Å². The highest BCUT2D eigenvalue weighted by Gasteiger charge is 2.09. The second kappa shape index (κ2) is 8.23. The van der Waals surface area contributed by atoms with Crippen molar-refractivity contribution in [3.05, 3.63) is 65.7 Å². The van der Waals surface area contributed by atoms with Gasteiger partial charge in [0.25, 0.3) is 0 Å². The van der Waals surface area contributed by atoms with Crippen LogP contribution in [0.5, 0.6) is 5.75 Å². The molecule has 0 radical (unpaired) electrons. The number of rotatable bonds is 7. The van der Waals surface area contributed by atoms with Crippen molar-refractivity contribution in [1.29, 1.82) is 0 Å². The van der Waals surface area contributed by atoms with E-state index in [1.807, 2.05) is 61.5 Å². The van der Waals surface area contributed by atoms with E-state index in [-0.39, 0.29) is 11.9 Å². The fourth-order valence-electron chi connectivity index (χ4n) is 2.22. The summed E-state index contributed by atoms with van der Waals surface area (Å²) in [5, 5.41) is 2.98. The Morgan fingerprint density at radius 2 is 1.77 bits per heavy atom. The van der Waals surface area contributed by atoms with Crippen molar-refractivity contribution >= 4 is 5.91 Å². The van der Waals surface area contributed by atoms with Crippen LogP contribution >= 0.6 is 0 Å². The van der Waals surface area contributed by atoms with Crippen molar-refractivity contribution in [3.63, 3.8) is 0 Å². The standard InChI is InChI=1S/C19H23NO2/c1-3-16-9-11-18(12-10-16)22-14-13-19(21)20-15(2)17-7-5-4-6-8-17/h4-12,15H,3,13-14H2,1-2H3,(H,20,21). The molecule has 0 aliphatic rings. The smallest absolute Gasteiger partial charge is 0.223 e. The van der Waals surface area contributed by atoms with Crippen LogP contribution in [0.4, 0.5) is 0 Å². The van der Waals surface area contributed by atoms with Crippen LogP contribution in [0.25, 0.3) is 0 Å². The molecular weight excluding hydrogens is 274 g/mol. The summed E-state index contributed by atoms with van der Waals surface area (Å²) in [5.74, 6) is 0.808. The summed E-state index contributed by atoms with van der Waals surface area (Å²) in [5.41, 5.74) is 2.38. The summed E-state index contributed by atoms with van der Waals surface area (Å²) in [4.78, 5) is 11.9. The Morgan fingerprint density at radius 1 is 1.09 bits per heavy atom. The Balaban J connectivity index is 1.73. The molecule has 22 heavy (non-hydrogen) atoms. The van der Waals surface area contributed by atoms with Crippen molar-refractivity contribution in [2.75, 3.05) is 6.61 Å². The molecule has 0 heterocycles. The minimum atomic E-state index is 0.00142. The molecule has 0 saturated carbocycles. The number of ether oxygens (including phenoxy) is 1. The summed E-state index contributed by atoms with van der Waals surface area (Å²) in [6.45, 7) is 4.49. The van der Waals surface area contributed by atoms with Crippen molar-refractivity contribution < 1.29 is 9.53 Å². The van der Waals surface area contributed by atoms with E-state index in [1.54, 1.807) is 0 Å². The summed E-state index contributed by atoms with van der Waals surface area (Å²) in [7, 11) is 0. The fourth-order valence-corrected chi connectivity index (χ4v) is 2.22. The van der Waals surface area contributed by atoms with Crippen LogP contribution in [-0.2, 0) is 11.2 Å². The number of benzene rings is 2. The summed E-state index contributed by atoms with van der Waals surface area (Å²) in [6.07, 6.45) is 1.37. The van der Waals surface area contributed by atoms with Gasteiger partial charge in [-0.3, -0.25) is 4.79 Å². The van der Waals surface area contributed by atoms with Crippen molar-refractivity contribution in [3.8, 4) is 5.75 Å². The van der Waals surface area contributed by atoms with Gasteiger partial charge >= 0.3 is 0 Å². The zero-order chi connectivity index (χ0) is 15.8. The number of amides is 1.